The van der Waals surface area contributed by atoms with Gasteiger partial charge in [0.2, 0.25) is 11.8 Å². The summed E-state index contributed by atoms with van der Waals surface area (Å²) in [5.41, 5.74) is 2.01. The molecule has 30 heavy (non-hydrogen) atoms. The van der Waals surface area contributed by atoms with Gasteiger partial charge in [-0.05, 0) is 29.7 Å². The predicted molar refractivity (Wildman–Crippen MR) is 112 cm³/mol. The Labute approximate surface area is 176 Å². The molecule has 0 atom stereocenters. The molecule has 0 aliphatic rings. The minimum absolute atomic E-state index is 0.0754. The van der Waals surface area contributed by atoms with Gasteiger partial charge < -0.3 is 19.3 Å². The molecule has 158 valence electrons. The van der Waals surface area contributed by atoms with Gasteiger partial charge in [0, 0.05) is 25.8 Å². The number of rotatable bonds is 11. The number of hydrogen-bond acceptors (Lipinski definition) is 6. The van der Waals surface area contributed by atoms with Crippen molar-refractivity contribution in [3.63, 3.8) is 0 Å². The average Bonchev–Trinajstić information content (AvgIpc) is 3.23. The van der Waals surface area contributed by atoms with E-state index in [9.17, 15) is 4.79 Å². The molecule has 0 aliphatic heterocycles. The van der Waals surface area contributed by atoms with Crippen molar-refractivity contribution in [1.29, 1.82) is 0 Å². The largest absolute Gasteiger partial charge is 0.493 e. The van der Waals surface area contributed by atoms with Crippen LogP contribution in [0.4, 0.5) is 0 Å². The highest BCUT2D eigenvalue weighted by atomic mass is 16.5. The Morgan fingerprint density at radius 2 is 1.90 bits per heavy atom. The number of benzene rings is 2. The first kappa shape index (κ1) is 21.4. The second-order valence-electron chi connectivity index (χ2n) is 6.89. The maximum atomic E-state index is 12.1. The molecular weight excluding hydrogens is 382 g/mol. The Hall–Kier alpha value is -3.35. The minimum atomic E-state index is -0.0754. The topological polar surface area (TPSA) is 86.5 Å². The van der Waals surface area contributed by atoms with E-state index in [1.165, 1.54) is 0 Å². The van der Waals surface area contributed by atoms with Crippen molar-refractivity contribution < 1.29 is 18.8 Å². The van der Waals surface area contributed by atoms with E-state index >= 15 is 0 Å². The summed E-state index contributed by atoms with van der Waals surface area (Å²) in [5, 5.41) is 6.80. The highest BCUT2D eigenvalue weighted by Crippen LogP contribution is 2.28. The first-order valence-electron chi connectivity index (χ1n) is 10.1. The molecular formula is C23H27N3O4. The number of amides is 1. The van der Waals surface area contributed by atoms with Crippen molar-refractivity contribution in [2.75, 3.05) is 7.11 Å². The van der Waals surface area contributed by atoms with Gasteiger partial charge in [-0.2, -0.15) is 4.98 Å². The zero-order chi connectivity index (χ0) is 21.2. The van der Waals surface area contributed by atoms with Crippen LogP contribution >= 0.6 is 0 Å². The molecule has 1 amide bonds. The summed E-state index contributed by atoms with van der Waals surface area (Å²) >= 11 is 0. The smallest absolute Gasteiger partial charge is 0.227 e. The number of nitrogens with one attached hydrogen (secondary N) is 1. The van der Waals surface area contributed by atoms with Crippen molar-refractivity contribution in [3.05, 3.63) is 71.4 Å². The van der Waals surface area contributed by atoms with Crippen molar-refractivity contribution in [2.24, 2.45) is 0 Å². The van der Waals surface area contributed by atoms with Crippen molar-refractivity contribution >= 4 is 5.91 Å². The van der Waals surface area contributed by atoms with E-state index in [1.54, 1.807) is 7.11 Å². The van der Waals surface area contributed by atoms with Gasteiger partial charge in [-0.25, -0.2) is 0 Å². The number of methoxy groups -OCH3 is 1. The number of nitrogens with zero attached hydrogens (tertiary/aromatic N) is 2. The second kappa shape index (κ2) is 11.0. The fourth-order valence-corrected chi connectivity index (χ4v) is 2.90. The number of aromatic nitrogens is 2. The molecule has 0 radical (unpaired) electrons. The number of aryl methyl sites for hydroxylation is 2. The highest BCUT2D eigenvalue weighted by molar-refractivity contribution is 5.76. The van der Waals surface area contributed by atoms with Crippen LogP contribution in [0.15, 0.2) is 53.1 Å². The average molecular weight is 409 g/mol. The Bertz CT molecular complexity index is 941. The van der Waals surface area contributed by atoms with Crippen LogP contribution < -0.4 is 14.8 Å². The number of carbonyl (C=O) groups excluding carboxylic acids is 1. The van der Waals surface area contributed by atoms with E-state index in [-0.39, 0.29) is 5.91 Å². The van der Waals surface area contributed by atoms with Gasteiger partial charge in [-0.1, -0.05) is 48.5 Å². The Morgan fingerprint density at radius 3 is 2.67 bits per heavy atom. The van der Waals surface area contributed by atoms with Crippen LogP contribution in [0.25, 0.3) is 0 Å². The van der Waals surface area contributed by atoms with Crippen LogP contribution in [-0.2, 0) is 30.8 Å². The van der Waals surface area contributed by atoms with E-state index in [0.717, 1.165) is 24.0 Å². The minimum Gasteiger partial charge on any atom is -0.493 e. The summed E-state index contributed by atoms with van der Waals surface area (Å²) in [5.74, 6) is 2.40. The fourth-order valence-electron chi connectivity index (χ4n) is 2.90. The monoisotopic (exact) mass is 409 g/mol. The molecule has 0 aliphatic carbocycles. The quantitative estimate of drug-likeness (QED) is 0.518. The molecule has 7 nitrogen and oxygen atoms in total. The molecule has 2 aromatic carbocycles. The summed E-state index contributed by atoms with van der Waals surface area (Å²) in [6.45, 7) is 2.92. The lowest BCUT2D eigenvalue weighted by atomic mass is 10.2. The van der Waals surface area contributed by atoms with Crippen LogP contribution in [0.2, 0.25) is 0 Å². The van der Waals surface area contributed by atoms with Gasteiger partial charge in [-0.3, -0.25) is 4.79 Å². The Balaban J connectivity index is 1.47. The molecule has 1 aromatic heterocycles. The molecule has 1 heterocycles. The van der Waals surface area contributed by atoms with Crippen LogP contribution in [0.1, 0.15) is 42.6 Å². The molecule has 0 fully saturated rings. The number of carbonyl (C=O) groups is 1. The van der Waals surface area contributed by atoms with Gasteiger partial charge in [-0.15, -0.1) is 0 Å². The van der Waals surface area contributed by atoms with Crippen molar-refractivity contribution in [3.8, 4) is 11.5 Å². The maximum Gasteiger partial charge on any atom is 0.227 e. The maximum absolute atomic E-state index is 12.1. The zero-order valence-electron chi connectivity index (χ0n) is 17.4. The molecule has 3 rings (SSSR count). The summed E-state index contributed by atoms with van der Waals surface area (Å²) in [7, 11) is 1.60. The Morgan fingerprint density at radius 1 is 1.07 bits per heavy atom. The first-order chi connectivity index (χ1) is 14.7. The first-order valence-corrected chi connectivity index (χ1v) is 10.1. The van der Waals surface area contributed by atoms with Crippen LogP contribution in [0.3, 0.4) is 0 Å². The van der Waals surface area contributed by atoms with Crippen LogP contribution in [0, 0.1) is 0 Å². The third kappa shape index (κ3) is 6.34. The Kier molecular flexibility index (Phi) is 7.83. The normalized spacial score (nSPS) is 10.6. The molecule has 3 aromatic rings. The molecule has 0 bridgehead atoms. The summed E-state index contributed by atoms with van der Waals surface area (Å²) in [4.78, 5) is 16.4. The predicted octanol–water partition coefficient (Wildman–Crippen LogP) is 3.86. The summed E-state index contributed by atoms with van der Waals surface area (Å²) in [6.07, 6.45) is 2.46. The SMILES string of the molecule is CCCc1noc(CCC(=O)NCc2ccc(OCc3ccccc3)c(OC)c2)n1. The van der Waals surface area contributed by atoms with Crippen molar-refractivity contribution in [2.45, 2.75) is 45.8 Å². The van der Waals surface area contributed by atoms with Gasteiger partial charge in [0.15, 0.2) is 17.3 Å². The lowest BCUT2D eigenvalue weighted by Crippen LogP contribution is -2.23. The van der Waals surface area contributed by atoms with Crippen molar-refractivity contribution in [1.82, 2.24) is 15.5 Å². The third-order valence-corrected chi connectivity index (χ3v) is 4.50. The summed E-state index contributed by atoms with van der Waals surface area (Å²) in [6, 6.07) is 15.6. The van der Waals surface area contributed by atoms with E-state index in [1.807, 2.05) is 48.5 Å². The third-order valence-electron chi connectivity index (χ3n) is 4.50. The van der Waals surface area contributed by atoms with E-state index in [4.69, 9.17) is 14.0 Å². The van der Waals surface area contributed by atoms with Gasteiger partial charge in [0.05, 0.1) is 7.11 Å². The summed E-state index contributed by atoms with van der Waals surface area (Å²) < 4.78 is 16.5. The van der Waals surface area contributed by atoms with Crippen LogP contribution in [0.5, 0.6) is 11.5 Å². The molecule has 0 unspecified atom stereocenters. The van der Waals surface area contributed by atoms with E-state index in [0.29, 0.717) is 49.2 Å². The lowest BCUT2D eigenvalue weighted by Gasteiger charge is -2.13. The number of hydrogen-bond donors (Lipinski definition) is 1. The zero-order valence-corrected chi connectivity index (χ0v) is 17.4. The molecule has 1 N–H and O–H groups in total. The lowest BCUT2D eigenvalue weighted by molar-refractivity contribution is -0.121. The molecule has 7 heteroatoms. The van der Waals surface area contributed by atoms with Gasteiger partial charge in [0.1, 0.15) is 6.61 Å². The highest BCUT2D eigenvalue weighted by Gasteiger charge is 2.10. The van der Waals surface area contributed by atoms with E-state index < -0.39 is 0 Å². The standard InChI is InChI=1S/C23H27N3O4/c1-3-7-21-25-23(30-26-21)13-12-22(27)24-15-18-10-11-19(20(14-18)28-2)29-16-17-8-5-4-6-9-17/h4-6,8-11,14H,3,7,12-13,15-16H2,1-2H3,(H,24,27). The van der Waals surface area contributed by atoms with E-state index in [2.05, 4.69) is 22.4 Å². The second-order valence-corrected chi connectivity index (χ2v) is 6.89. The van der Waals surface area contributed by atoms with Gasteiger partial charge >= 0.3 is 0 Å². The molecule has 0 spiro atoms. The molecule has 0 saturated heterocycles. The fraction of sp³-hybridized carbons (Fsp3) is 0.348. The number of ether oxygens (including phenoxy) is 2. The van der Waals surface area contributed by atoms with Crippen LogP contribution in [-0.4, -0.2) is 23.2 Å². The molecule has 0 saturated carbocycles. The van der Waals surface area contributed by atoms with Gasteiger partial charge in [0.25, 0.3) is 0 Å².